The first-order valence-electron chi connectivity index (χ1n) is 8.30. The summed E-state index contributed by atoms with van der Waals surface area (Å²) in [6.45, 7) is 13.4. The van der Waals surface area contributed by atoms with Crippen LogP contribution in [0.5, 0.6) is 0 Å². The third-order valence-corrected chi connectivity index (χ3v) is 3.69. The molecule has 0 heterocycles. The molecule has 0 spiro atoms. The van der Waals surface area contributed by atoms with Crippen LogP contribution in [0.2, 0.25) is 0 Å². The van der Waals surface area contributed by atoms with Crippen LogP contribution in [0.4, 0.5) is 0 Å². The minimum absolute atomic E-state index is 0.231. The lowest BCUT2D eigenvalue weighted by atomic mass is 10.0. The maximum atomic E-state index is 10.3. The van der Waals surface area contributed by atoms with Crippen LogP contribution < -0.4 is 0 Å². The van der Waals surface area contributed by atoms with Crippen molar-refractivity contribution in [3.05, 3.63) is 34.9 Å². The molecule has 0 saturated carbocycles. The Hall–Kier alpha value is -0.940. The summed E-state index contributed by atoms with van der Waals surface area (Å²) in [7, 11) is 1.70. The highest BCUT2D eigenvalue weighted by molar-refractivity contribution is 5.30. The number of hydrogen-bond donors (Lipinski definition) is 1. The van der Waals surface area contributed by atoms with E-state index in [-0.39, 0.29) is 5.60 Å². The van der Waals surface area contributed by atoms with Crippen LogP contribution >= 0.6 is 0 Å². The SMILES string of the molecule is COCCN(Cc1cc(C)ccc1C)CC(O)COC(C)(C)C. The highest BCUT2D eigenvalue weighted by Crippen LogP contribution is 2.14. The number of rotatable bonds is 9. The summed E-state index contributed by atoms with van der Waals surface area (Å²) in [6.07, 6.45) is -0.504. The van der Waals surface area contributed by atoms with Gasteiger partial charge in [-0.3, -0.25) is 4.90 Å². The van der Waals surface area contributed by atoms with Crippen molar-refractivity contribution in [1.29, 1.82) is 0 Å². The molecule has 0 fully saturated rings. The van der Waals surface area contributed by atoms with Gasteiger partial charge in [0.2, 0.25) is 0 Å². The van der Waals surface area contributed by atoms with E-state index in [1.807, 2.05) is 20.8 Å². The standard InChI is InChI=1S/C19H33NO3/c1-15-7-8-16(2)17(11-15)12-20(9-10-22-6)13-18(21)14-23-19(3,4)5/h7-8,11,18,21H,9-10,12-14H2,1-6H3. The molecular formula is C19H33NO3. The first-order chi connectivity index (χ1) is 10.7. The predicted molar refractivity (Wildman–Crippen MR) is 94.8 cm³/mol. The number of methoxy groups -OCH3 is 1. The number of benzene rings is 1. The highest BCUT2D eigenvalue weighted by Gasteiger charge is 2.17. The number of hydrogen-bond acceptors (Lipinski definition) is 4. The maximum Gasteiger partial charge on any atom is 0.0900 e. The first kappa shape index (κ1) is 20.1. The van der Waals surface area contributed by atoms with E-state index in [0.717, 1.165) is 13.1 Å². The second-order valence-corrected chi connectivity index (χ2v) is 7.24. The molecule has 1 N–H and O–H groups in total. The van der Waals surface area contributed by atoms with Crippen molar-refractivity contribution in [2.24, 2.45) is 0 Å². The van der Waals surface area contributed by atoms with Crippen LogP contribution in [0.1, 0.15) is 37.5 Å². The van der Waals surface area contributed by atoms with Crippen LogP contribution in [0.25, 0.3) is 0 Å². The summed E-state index contributed by atoms with van der Waals surface area (Å²) >= 11 is 0. The van der Waals surface area contributed by atoms with E-state index in [0.29, 0.717) is 19.8 Å². The molecule has 0 saturated heterocycles. The number of aliphatic hydroxyl groups excluding tert-OH is 1. The molecule has 0 radical (unpaired) electrons. The fourth-order valence-electron chi connectivity index (χ4n) is 2.36. The maximum absolute atomic E-state index is 10.3. The van der Waals surface area contributed by atoms with Crippen LogP contribution in [0, 0.1) is 13.8 Å². The van der Waals surface area contributed by atoms with Crippen molar-refractivity contribution in [2.75, 3.05) is 33.4 Å². The van der Waals surface area contributed by atoms with Gasteiger partial charge in [0.25, 0.3) is 0 Å². The lowest BCUT2D eigenvalue weighted by molar-refractivity contribution is -0.0576. The van der Waals surface area contributed by atoms with Gasteiger partial charge in [-0.2, -0.15) is 0 Å². The Bertz CT molecular complexity index is 468. The summed E-state index contributed by atoms with van der Waals surface area (Å²) in [4.78, 5) is 2.22. The highest BCUT2D eigenvalue weighted by atomic mass is 16.5. The smallest absolute Gasteiger partial charge is 0.0900 e. The zero-order chi connectivity index (χ0) is 17.5. The van der Waals surface area contributed by atoms with E-state index < -0.39 is 6.10 Å². The van der Waals surface area contributed by atoms with Gasteiger partial charge in [-0.25, -0.2) is 0 Å². The quantitative estimate of drug-likeness (QED) is 0.759. The van der Waals surface area contributed by atoms with E-state index in [2.05, 4.69) is 36.9 Å². The van der Waals surface area contributed by atoms with E-state index in [4.69, 9.17) is 9.47 Å². The molecule has 4 nitrogen and oxygen atoms in total. The molecule has 0 amide bonds. The largest absolute Gasteiger partial charge is 0.389 e. The molecule has 0 aliphatic carbocycles. The number of nitrogens with zero attached hydrogens (tertiary/aromatic N) is 1. The fourth-order valence-corrected chi connectivity index (χ4v) is 2.36. The second kappa shape index (κ2) is 9.38. The molecule has 0 aliphatic heterocycles. The summed E-state index contributed by atoms with van der Waals surface area (Å²) < 4.78 is 10.9. The van der Waals surface area contributed by atoms with E-state index in [1.54, 1.807) is 7.11 Å². The Labute approximate surface area is 141 Å². The molecule has 132 valence electrons. The molecule has 0 bridgehead atoms. The van der Waals surface area contributed by atoms with Gasteiger partial charge in [-0.15, -0.1) is 0 Å². The topological polar surface area (TPSA) is 41.9 Å². The Morgan fingerprint density at radius 1 is 1.22 bits per heavy atom. The zero-order valence-electron chi connectivity index (χ0n) is 15.6. The lowest BCUT2D eigenvalue weighted by Crippen LogP contribution is -2.38. The Balaban J connectivity index is 2.66. The van der Waals surface area contributed by atoms with Gasteiger partial charge in [-0.1, -0.05) is 23.8 Å². The van der Waals surface area contributed by atoms with E-state index in [1.165, 1.54) is 16.7 Å². The average molecular weight is 323 g/mol. The van der Waals surface area contributed by atoms with Crippen molar-refractivity contribution in [1.82, 2.24) is 4.90 Å². The third-order valence-electron chi connectivity index (χ3n) is 3.69. The normalized spacial score (nSPS) is 13.6. The van der Waals surface area contributed by atoms with Gasteiger partial charge in [0.15, 0.2) is 0 Å². The molecule has 1 atom stereocenters. The molecule has 1 unspecified atom stereocenters. The molecule has 1 aromatic carbocycles. The Morgan fingerprint density at radius 2 is 1.91 bits per heavy atom. The van der Waals surface area contributed by atoms with Crippen LogP contribution in [-0.2, 0) is 16.0 Å². The van der Waals surface area contributed by atoms with Gasteiger partial charge in [0.1, 0.15) is 0 Å². The zero-order valence-corrected chi connectivity index (χ0v) is 15.6. The fraction of sp³-hybridized carbons (Fsp3) is 0.684. The monoisotopic (exact) mass is 323 g/mol. The molecule has 0 aromatic heterocycles. The van der Waals surface area contributed by atoms with Gasteiger partial charge < -0.3 is 14.6 Å². The minimum atomic E-state index is -0.504. The van der Waals surface area contributed by atoms with Crippen molar-refractivity contribution in [3.63, 3.8) is 0 Å². The van der Waals surface area contributed by atoms with E-state index in [9.17, 15) is 5.11 Å². The summed E-state index contributed by atoms with van der Waals surface area (Å²) in [5.41, 5.74) is 3.60. The summed E-state index contributed by atoms with van der Waals surface area (Å²) in [5, 5.41) is 10.3. The van der Waals surface area contributed by atoms with Gasteiger partial charge in [-0.05, 0) is 45.7 Å². The Kier molecular flexibility index (Phi) is 8.20. The minimum Gasteiger partial charge on any atom is -0.389 e. The number of ether oxygens (including phenoxy) is 2. The van der Waals surface area contributed by atoms with Crippen molar-refractivity contribution >= 4 is 0 Å². The van der Waals surface area contributed by atoms with Gasteiger partial charge in [0.05, 0.1) is 24.9 Å². The van der Waals surface area contributed by atoms with Crippen LogP contribution in [0.3, 0.4) is 0 Å². The van der Waals surface area contributed by atoms with Crippen molar-refractivity contribution in [2.45, 2.75) is 52.9 Å². The lowest BCUT2D eigenvalue weighted by Gasteiger charge is -2.27. The van der Waals surface area contributed by atoms with Crippen molar-refractivity contribution < 1.29 is 14.6 Å². The summed E-state index contributed by atoms with van der Waals surface area (Å²) in [6, 6.07) is 6.50. The number of aryl methyl sites for hydroxylation is 2. The second-order valence-electron chi connectivity index (χ2n) is 7.24. The molecule has 23 heavy (non-hydrogen) atoms. The molecular weight excluding hydrogens is 290 g/mol. The summed E-state index contributed by atoms with van der Waals surface area (Å²) in [5.74, 6) is 0. The predicted octanol–water partition coefficient (Wildman–Crippen LogP) is 2.93. The number of aliphatic hydroxyl groups is 1. The average Bonchev–Trinajstić information content (AvgIpc) is 2.45. The molecule has 1 rings (SSSR count). The first-order valence-corrected chi connectivity index (χ1v) is 8.30. The van der Waals surface area contributed by atoms with Crippen LogP contribution in [0.15, 0.2) is 18.2 Å². The van der Waals surface area contributed by atoms with Crippen LogP contribution in [-0.4, -0.2) is 55.1 Å². The third kappa shape index (κ3) is 8.47. The molecule has 4 heteroatoms. The van der Waals surface area contributed by atoms with Crippen molar-refractivity contribution in [3.8, 4) is 0 Å². The van der Waals surface area contributed by atoms with Gasteiger partial charge in [0, 0.05) is 26.7 Å². The molecule has 1 aromatic rings. The van der Waals surface area contributed by atoms with Gasteiger partial charge >= 0.3 is 0 Å². The van der Waals surface area contributed by atoms with E-state index >= 15 is 0 Å². The molecule has 0 aliphatic rings. The Morgan fingerprint density at radius 3 is 2.52 bits per heavy atom.